The summed E-state index contributed by atoms with van der Waals surface area (Å²) in [5.41, 5.74) is -6.34. The van der Waals surface area contributed by atoms with Crippen molar-refractivity contribution >= 4 is 11.5 Å². The molecule has 1 atom stereocenters. The second-order valence-corrected chi connectivity index (χ2v) is 5.63. The van der Waals surface area contributed by atoms with Crippen LogP contribution in [0.25, 0.3) is 0 Å². The topological polar surface area (TPSA) is 111 Å². The van der Waals surface area contributed by atoms with Crippen LogP contribution in [-0.4, -0.2) is 28.2 Å². The summed E-state index contributed by atoms with van der Waals surface area (Å²) in [6.07, 6.45) is -10.3. The summed E-state index contributed by atoms with van der Waals surface area (Å²) in [4.78, 5) is 26.6. The molecule has 1 aromatic heterocycles. The van der Waals surface area contributed by atoms with Crippen LogP contribution in [0, 0.1) is 11.2 Å². The van der Waals surface area contributed by atoms with Crippen molar-refractivity contribution in [2.24, 2.45) is 0 Å². The van der Waals surface area contributed by atoms with Crippen LogP contribution in [0.3, 0.4) is 0 Å². The molecule has 14 heteroatoms. The average molecular weight is 428 g/mol. The fraction of sp³-hybridized carbons (Fsp3) is 0.267. The van der Waals surface area contributed by atoms with Gasteiger partial charge in [-0.2, -0.15) is 13.2 Å². The molecule has 158 valence electrons. The molecule has 0 saturated carbocycles. The van der Waals surface area contributed by atoms with Crippen molar-refractivity contribution in [1.29, 1.82) is 5.41 Å². The lowest BCUT2D eigenvalue weighted by atomic mass is 10.1. The van der Waals surface area contributed by atoms with Gasteiger partial charge in [-0.1, -0.05) is 6.07 Å². The van der Waals surface area contributed by atoms with Crippen molar-refractivity contribution in [2.45, 2.75) is 25.5 Å². The second-order valence-electron chi connectivity index (χ2n) is 5.63. The number of rotatable bonds is 5. The third-order valence-electron chi connectivity index (χ3n) is 3.51. The van der Waals surface area contributed by atoms with Crippen molar-refractivity contribution in [1.82, 2.24) is 9.97 Å². The fourth-order valence-corrected chi connectivity index (χ4v) is 2.33. The summed E-state index contributed by atoms with van der Waals surface area (Å²) in [6.45, 7) is 1.20. The smallest absolute Gasteiger partial charge is 0.406 e. The van der Waals surface area contributed by atoms with Crippen molar-refractivity contribution in [2.75, 3.05) is 5.32 Å². The van der Waals surface area contributed by atoms with Crippen molar-refractivity contribution in [3.63, 3.8) is 0 Å². The Morgan fingerprint density at radius 2 is 1.76 bits per heavy atom. The van der Waals surface area contributed by atoms with E-state index in [-0.39, 0.29) is 5.56 Å². The number of halogens is 7. The highest BCUT2D eigenvalue weighted by atomic mass is 19.4. The number of nitrogens with one attached hydrogen (secondary N) is 4. The maximum Gasteiger partial charge on any atom is 0.573 e. The third kappa shape index (κ3) is 5.36. The van der Waals surface area contributed by atoms with Gasteiger partial charge in [0.2, 0.25) is 0 Å². The van der Waals surface area contributed by atoms with Crippen LogP contribution in [0.2, 0.25) is 0 Å². The van der Waals surface area contributed by atoms with Gasteiger partial charge in [0.15, 0.2) is 5.71 Å². The highest BCUT2D eigenvalue weighted by molar-refractivity contribution is 6.05. The van der Waals surface area contributed by atoms with E-state index in [4.69, 9.17) is 5.41 Å². The molecule has 0 saturated heterocycles. The minimum absolute atomic E-state index is 0.315. The quantitative estimate of drug-likeness (QED) is 0.433. The first-order valence-electron chi connectivity index (χ1n) is 7.53. The van der Waals surface area contributed by atoms with Gasteiger partial charge in [-0.05, 0) is 13.0 Å². The average Bonchev–Trinajstić information content (AvgIpc) is 2.51. The van der Waals surface area contributed by atoms with Crippen LogP contribution in [0.4, 0.5) is 36.6 Å². The van der Waals surface area contributed by atoms with Crippen LogP contribution in [-0.2, 0) is 0 Å². The third-order valence-corrected chi connectivity index (χ3v) is 3.51. The molecular formula is C15H11F7N4O3. The molecule has 0 aliphatic heterocycles. The van der Waals surface area contributed by atoms with E-state index in [9.17, 15) is 40.3 Å². The van der Waals surface area contributed by atoms with E-state index in [1.807, 2.05) is 4.98 Å². The Balaban J connectivity index is 2.41. The summed E-state index contributed by atoms with van der Waals surface area (Å²) in [5, 5.41) is 9.38. The Morgan fingerprint density at radius 3 is 2.28 bits per heavy atom. The van der Waals surface area contributed by atoms with E-state index in [1.54, 1.807) is 4.98 Å². The van der Waals surface area contributed by atoms with Gasteiger partial charge in [0.25, 0.3) is 5.56 Å². The van der Waals surface area contributed by atoms with Gasteiger partial charge < -0.3 is 10.1 Å². The number of hydrogen-bond donors (Lipinski definition) is 4. The molecule has 29 heavy (non-hydrogen) atoms. The van der Waals surface area contributed by atoms with E-state index in [0.717, 1.165) is 12.1 Å². The normalized spacial score (nSPS) is 13.1. The second kappa shape index (κ2) is 7.60. The molecular weight excluding hydrogens is 417 g/mol. The Bertz CT molecular complexity index is 1040. The van der Waals surface area contributed by atoms with Gasteiger partial charge in [-0.25, -0.2) is 9.18 Å². The molecule has 7 nitrogen and oxygen atoms in total. The summed E-state index contributed by atoms with van der Waals surface area (Å²) >= 11 is 0. The molecule has 0 amide bonds. The monoisotopic (exact) mass is 428 g/mol. The number of aromatic amines is 2. The van der Waals surface area contributed by atoms with Crippen LogP contribution in [0.5, 0.6) is 5.75 Å². The first-order chi connectivity index (χ1) is 13.2. The van der Waals surface area contributed by atoms with Gasteiger partial charge in [0.05, 0.1) is 6.04 Å². The zero-order valence-electron chi connectivity index (χ0n) is 14.2. The lowest BCUT2D eigenvalue weighted by Gasteiger charge is -2.19. The molecule has 1 aromatic carbocycles. The minimum atomic E-state index is -5.23. The van der Waals surface area contributed by atoms with Gasteiger partial charge in [0.1, 0.15) is 22.9 Å². The first kappa shape index (κ1) is 22.0. The van der Waals surface area contributed by atoms with Crippen LogP contribution in [0.1, 0.15) is 24.1 Å². The molecule has 2 rings (SSSR count). The van der Waals surface area contributed by atoms with Crippen molar-refractivity contribution in [3.8, 4) is 5.75 Å². The number of anilines is 1. The van der Waals surface area contributed by atoms with Gasteiger partial charge in [-0.15, -0.1) is 13.2 Å². The predicted octanol–water partition coefficient (Wildman–Crippen LogP) is 3.20. The van der Waals surface area contributed by atoms with E-state index < -0.39 is 58.5 Å². The summed E-state index contributed by atoms with van der Waals surface area (Å²) in [5.74, 6) is -2.88. The van der Waals surface area contributed by atoms with Gasteiger partial charge in [0, 0.05) is 11.6 Å². The standard InChI is InChI=1S/C15H11F7N4O3/c1-5(7-3-2-6(4-8(7)16)29-15(20,21)22)24-11-9(10(23)14(17,18)19)12(27)26-13(28)25-11/h2-5,23H,1H3,(H3,24,25,26,27,28). The zero-order valence-corrected chi connectivity index (χ0v) is 14.2. The Kier molecular flexibility index (Phi) is 5.76. The molecule has 0 fully saturated rings. The van der Waals surface area contributed by atoms with E-state index in [1.165, 1.54) is 6.92 Å². The Morgan fingerprint density at radius 1 is 1.14 bits per heavy atom. The molecule has 0 aliphatic rings. The van der Waals surface area contributed by atoms with Crippen LogP contribution >= 0.6 is 0 Å². The van der Waals surface area contributed by atoms with E-state index in [2.05, 4.69) is 10.1 Å². The minimum Gasteiger partial charge on any atom is -0.406 e. The van der Waals surface area contributed by atoms with Gasteiger partial charge >= 0.3 is 18.2 Å². The van der Waals surface area contributed by atoms with Crippen LogP contribution in [0.15, 0.2) is 27.8 Å². The maximum atomic E-state index is 14.1. The number of alkyl halides is 6. The van der Waals surface area contributed by atoms with E-state index in [0.29, 0.717) is 6.07 Å². The SMILES string of the molecule is CC(Nc1[nH]c(=O)[nH]c(=O)c1C(=N)C(F)(F)F)c1ccc(OC(F)(F)F)cc1F. The molecule has 2 aromatic rings. The summed E-state index contributed by atoms with van der Waals surface area (Å²) in [6, 6.07) is 0.810. The molecule has 0 radical (unpaired) electrons. The summed E-state index contributed by atoms with van der Waals surface area (Å²) < 4.78 is 92.7. The predicted molar refractivity (Wildman–Crippen MR) is 85.7 cm³/mol. The highest BCUT2D eigenvalue weighted by Gasteiger charge is 2.39. The maximum absolute atomic E-state index is 14.1. The fourth-order valence-electron chi connectivity index (χ4n) is 2.33. The molecule has 4 N–H and O–H groups in total. The lowest BCUT2D eigenvalue weighted by molar-refractivity contribution is -0.274. The number of ether oxygens (including phenoxy) is 1. The summed E-state index contributed by atoms with van der Waals surface area (Å²) in [7, 11) is 0. The Labute approximate surface area is 156 Å². The molecule has 1 heterocycles. The number of H-pyrrole nitrogens is 2. The van der Waals surface area contributed by atoms with E-state index >= 15 is 0 Å². The number of hydrogen-bond acceptors (Lipinski definition) is 5. The lowest BCUT2D eigenvalue weighted by Crippen LogP contribution is -2.35. The molecule has 1 unspecified atom stereocenters. The van der Waals surface area contributed by atoms with Crippen molar-refractivity contribution in [3.05, 3.63) is 56.0 Å². The first-order valence-corrected chi connectivity index (χ1v) is 7.53. The van der Waals surface area contributed by atoms with Gasteiger partial charge in [-0.3, -0.25) is 20.2 Å². The van der Waals surface area contributed by atoms with Crippen molar-refractivity contribution < 1.29 is 35.5 Å². The highest BCUT2D eigenvalue weighted by Crippen LogP contribution is 2.29. The largest absolute Gasteiger partial charge is 0.573 e. The molecule has 0 bridgehead atoms. The number of benzene rings is 1. The Hall–Kier alpha value is -3.32. The number of aromatic nitrogens is 2. The zero-order chi connectivity index (χ0) is 22.1. The molecule has 0 spiro atoms. The van der Waals surface area contributed by atoms with Crippen LogP contribution < -0.4 is 21.3 Å². The molecule has 0 aliphatic carbocycles.